The Morgan fingerprint density at radius 3 is 2.41 bits per heavy atom. The zero-order chi connectivity index (χ0) is 30.3. The molecule has 1 aromatic carbocycles. The molecule has 1 aliphatic heterocycles. The van der Waals surface area contributed by atoms with Gasteiger partial charge < -0.3 is 36.8 Å². The minimum absolute atomic E-state index is 0.0247. The first-order chi connectivity index (χ1) is 19.1. The summed E-state index contributed by atoms with van der Waals surface area (Å²) in [5.74, 6) is -9.45. The zero-order valence-corrected chi connectivity index (χ0v) is 23.0. The van der Waals surface area contributed by atoms with Crippen LogP contribution in [0.15, 0.2) is 22.7 Å². The van der Waals surface area contributed by atoms with E-state index in [-0.39, 0.29) is 42.1 Å². The molecule has 0 saturated carbocycles. The molecule has 0 spiro atoms. The summed E-state index contributed by atoms with van der Waals surface area (Å²) in [6, 6.07) is -1.82. The van der Waals surface area contributed by atoms with Gasteiger partial charge in [0.2, 0.25) is 11.7 Å². The lowest BCUT2D eigenvalue weighted by Gasteiger charge is -2.50. The Morgan fingerprint density at radius 2 is 1.83 bits per heavy atom. The molecular weight excluding hydrogens is 539 g/mol. The highest BCUT2D eigenvalue weighted by Gasteiger charge is 2.63. The highest BCUT2D eigenvalue weighted by Crippen LogP contribution is 2.53. The molecule has 0 fully saturated rings. The molecule has 8 N–H and O–H groups in total. The van der Waals surface area contributed by atoms with Crippen LogP contribution in [0.5, 0.6) is 5.75 Å². The van der Waals surface area contributed by atoms with Gasteiger partial charge in [0.1, 0.15) is 22.9 Å². The lowest BCUT2D eigenvalue weighted by atomic mass is 9.58. The van der Waals surface area contributed by atoms with Crippen molar-refractivity contribution in [2.45, 2.75) is 57.3 Å². The van der Waals surface area contributed by atoms with E-state index in [4.69, 9.17) is 5.73 Å². The third kappa shape index (κ3) is 3.97. The predicted molar refractivity (Wildman–Crippen MR) is 142 cm³/mol. The number of fused-ring (bicyclic) bond motifs is 4. The second-order valence-corrected chi connectivity index (χ2v) is 11.9. The Bertz CT molecular complexity index is 1480. The number of primary amides is 1. The van der Waals surface area contributed by atoms with Gasteiger partial charge in [0.05, 0.1) is 23.3 Å². The van der Waals surface area contributed by atoms with Crippen LogP contribution in [0, 0.1) is 23.6 Å². The fourth-order valence-electron chi connectivity index (χ4n) is 6.89. The summed E-state index contributed by atoms with van der Waals surface area (Å²) in [5.41, 5.74) is 0.299. The molecule has 12 nitrogen and oxygen atoms in total. The van der Waals surface area contributed by atoms with Crippen LogP contribution in [0.1, 0.15) is 48.2 Å². The predicted octanol–water partition coefficient (Wildman–Crippen LogP) is 0.716. The van der Waals surface area contributed by atoms with E-state index in [9.17, 15) is 39.6 Å². The van der Waals surface area contributed by atoms with Crippen LogP contribution in [0.4, 0.5) is 10.1 Å². The molecule has 0 saturated heterocycles. The fraction of sp³-hybridized carbons (Fsp3) is 0.500. The molecule has 5 rings (SSSR count). The number of hydrogen-bond donors (Lipinski definition) is 7. The molecule has 0 bridgehead atoms. The van der Waals surface area contributed by atoms with Crippen LogP contribution in [0.3, 0.4) is 0 Å². The molecule has 5 atom stereocenters. The van der Waals surface area contributed by atoms with Crippen molar-refractivity contribution in [3.8, 4) is 5.75 Å². The number of amides is 2. The number of anilines is 1. The van der Waals surface area contributed by atoms with E-state index < -0.39 is 92.7 Å². The molecule has 220 valence electrons. The van der Waals surface area contributed by atoms with E-state index in [1.807, 2.05) is 13.8 Å². The summed E-state index contributed by atoms with van der Waals surface area (Å²) in [5, 5.41) is 50.6. The number of nitrogens with zero attached hydrogens (tertiary/aromatic N) is 1. The number of aromatic hydroxyl groups is 1. The summed E-state index contributed by atoms with van der Waals surface area (Å²) in [4.78, 5) is 53.6. The largest absolute Gasteiger partial charge is 0.510 e. The van der Waals surface area contributed by atoms with Gasteiger partial charge in [-0.15, -0.1) is 0 Å². The van der Waals surface area contributed by atoms with Gasteiger partial charge >= 0.3 is 0 Å². The van der Waals surface area contributed by atoms with Gasteiger partial charge in [0.15, 0.2) is 17.1 Å². The van der Waals surface area contributed by atoms with Gasteiger partial charge in [0, 0.05) is 29.2 Å². The number of halogens is 1. The maximum absolute atomic E-state index is 16.1. The van der Waals surface area contributed by atoms with Crippen LogP contribution in [-0.2, 0) is 27.3 Å². The van der Waals surface area contributed by atoms with Crippen molar-refractivity contribution in [3.63, 3.8) is 0 Å². The summed E-state index contributed by atoms with van der Waals surface area (Å²) < 4.78 is 16.1. The zero-order valence-electron chi connectivity index (χ0n) is 23.0. The van der Waals surface area contributed by atoms with Gasteiger partial charge in [-0.1, -0.05) is 13.8 Å². The number of phenols is 1. The number of hydrogen-bond acceptors (Lipinski definition) is 10. The quantitative estimate of drug-likeness (QED) is 0.199. The van der Waals surface area contributed by atoms with Crippen LogP contribution in [0.25, 0.3) is 0 Å². The van der Waals surface area contributed by atoms with Crippen molar-refractivity contribution >= 4 is 29.1 Å². The van der Waals surface area contributed by atoms with E-state index in [0.29, 0.717) is 6.42 Å². The molecule has 0 aromatic heterocycles. The molecule has 1 heterocycles. The second-order valence-electron chi connectivity index (χ2n) is 11.9. The summed E-state index contributed by atoms with van der Waals surface area (Å²) >= 11 is 0. The Hall–Kier alpha value is -3.81. The molecule has 13 heteroatoms. The molecule has 0 radical (unpaired) electrons. The van der Waals surface area contributed by atoms with Gasteiger partial charge in [-0.25, -0.2) is 4.39 Å². The maximum Gasteiger partial charge on any atom is 0.255 e. The van der Waals surface area contributed by atoms with Gasteiger partial charge in [-0.2, -0.15) is 0 Å². The monoisotopic (exact) mass is 572 g/mol. The van der Waals surface area contributed by atoms with Crippen molar-refractivity contribution in [3.05, 3.63) is 45.2 Å². The number of carbonyl (C=O) groups is 4. The lowest BCUT2D eigenvalue weighted by Crippen LogP contribution is -2.63. The number of carbonyl (C=O) groups excluding carboxylic acids is 4. The van der Waals surface area contributed by atoms with Gasteiger partial charge in [-0.3, -0.25) is 24.1 Å². The molecule has 1 aromatic rings. The number of nitrogens with one attached hydrogen (secondary N) is 2. The average molecular weight is 573 g/mol. The van der Waals surface area contributed by atoms with E-state index in [2.05, 4.69) is 10.6 Å². The van der Waals surface area contributed by atoms with E-state index in [1.165, 1.54) is 19.0 Å². The number of benzene rings is 1. The third-order valence-corrected chi connectivity index (χ3v) is 8.72. The Morgan fingerprint density at radius 1 is 1.17 bits per heavy atom. The van der Waals surface area contributed by atoms with Crippen molar-refractivity contribution in [1.29, 1.82) is 0 Å². The minimum atomic E-state index is -2.80. The van der Waals surface area contributed by atoms with Crippen LogP contribution in [-0.4, -0.2) is 80.5 Å². The van der Waals surface area contributed by atoms with Crippen molar-refractivity contribution < 1.29 is 44.0 Å². The third-order valence-electron chi connectivity index (χ3n) is 8.72. The fourth-order valence-corrected chi connectivity index (χ4v) is 6.89. The average Bonchev–Trinajstić information content (AvgIpc) is 3.03. The van der Waals surface area contributed by atoms with Gasteiger partial charge in [0.25, 0.3) is 5.91 Å². The number of allylic oxidation sites excluding steroid dienone is 1. The maximum atomic E-state index is 16.1. The summed E-state index contributed by atoms with van der Waals surface area (Å²) in [6.07, 6.45) is 0.0952. The second kappa shape index (κ2) is 9.64. The molecular formula is C28H33FN4O8. The lowest BCUT2D eigenvalue weighted by molar-refractivity contribution is -0.148. The highest BCUT2D eigenvalue weighted by molar-refractivity contribution is 6.25. The SMILES string of the molecule is CC(C)C[C@H]1NCc2c(F)c3c(c(O)c2NC1=O)C(=O)C1=C(O)[C@]2(O)C(=O)C(C(N)=O)=C(O)[C@@H](N(C)C)[C@@H]2C[C@@H]1C3. The first kappa shape index (κ1) is 28.7. The van der Waals surface area contributed by atoms with E-state index in [0.717, 1.165) is 0 Å². The smallest absolute Gasteiger partial charge is 0.255 e. The molecule has 4 aliphatic rings. The molecule has 0 unspecified atom stereocenters. The van der Waals surface area contributed by atoms with Gasteiger partial charge in [-0.05, 0) is 45.2 Å². The normalized spacial score (nSPS) is 29.6. The minimum Gasteiger partial charge on any atom is -0.510 e. The van der Waals surface area contributed by atoms with Crippen molar-refractivity contribution in [2.24, 2.45) is 23.5 Å². The van der Waals surface area contributed by atoms with E-state index in [1.54, 1.807) is 0 Å². The first-order valence-electron chi connectivity index (χ1n) is 13.4. The number of nitrogens with two attached hydrogens (primary N) is 1. The van der Waals surface area contributed by atoms with Crippen LogP contribution >= 0.6 is 0 Å². The highest BCUT2D eigenvalue weighted by atomic mass is 19.1. The Kier molecular flexibility index (Phi) is 6.75. The standard InChI is InChI=1S/C28H33FN4O8/c1-9(2)5-14-27(40)32-19-12(8-31-14)18(29)11-6-10-7-13-20(33(3)4)23(36)17(26(30)39)25(38)28(13,41)24(37)15(10)21(34)16(11)22(19)35/h9-10,13-14,20,31,35-37,41H,5-8H2,1-4H3,(H2,30,39)(H,32,40)/t10-,13-,14+,20-,28-/m0/s1. The summed E-state index contributed by atoms with van der Waals surface area (Å²) in [7, 11) is 3.04. The number of rotatable bonds is 4. The van der Waals surface area contributed by atoms with E-state index >= 15 is 4.39 Å². The topological polar surface area (TPSA) is 203 Å². The Labute approximate surface area is 234 Å². The Balaban J connectivity index is 1.67. The molecule has 41 heavy (non-hydrogen) atoms. The molecule has 3 aliphatic carbocycles. The number of ketones is 2. The number of aliphatic hydroxyl groups excluding tert-OH is 2. The number of Topliss-reactive ketones (excluding diaryl/α,β-unsaturated/α-hetero) is 2. The molecule has 2 amide bonds. The number of phenolic OH excluding ortho intramolecular Hbond substituents is 1. The number of likely N-dealkylation sites (N-methyl/N-ethyl adjacent to an activating group) is 1. The first-order valence-corrected chi connectivity index (χ1v) is 13.4. The van der Waals surface area contributed by atoms with Crippen molar-refractivity contribution in [2.75, 3.05) is 19.4 Å². The van der Waals surface area contributed by atoms with Crippen LogP contribution < -0.4 is 16.4 Å². The summed E-state index contributed by atoms with van der Waals surface area (Å²) in [6.45, 7) is 3.74. The van der Waals surface area contributed by atoms with Crippen LogP contribution in [0.2, 0.25) is 0 Å². The number of aliphatic hydroxyl groups is 3. The van der Waals surface area contributed by atoms with Crippen molar-refractivity contribution in [1.82, 2.24) is 10.2 Å².